The highest BCUT2D eigenvalue weighted by molar-refractivity contribution is 5.69. The Labute approximate surface area is 64.2 Å². The molecule has 0 radical (unpaired) electrons. The van der Waals surface area contributed by atoms with Crippen molar-refractivity contribution in [2.45, 2.75) is 6.10 Å². The van der Waals surface area contributed by atoms with Gasteiger partial charge in [0.2, 0.25) is 0 Å². The maximum atomic E-state index is 10.7. The number of nitrogens with zero attached hydrogens (tertiary/aromatic N) is 1. The summed E-state index contributed by atoms with van der Waals surface area (Å²) in [7, 11) is 0. The third-order valence-corrected chi connectivity index (χ3v) is 1.49. The lowest BCUT2D eigenvalue weighted by molar-refractivity contribution is 0.0694. The summed E-state index contributed by atoms with van der Waals surface area (Å²) in [6.07, 6.45) is -1.28. The molecule has 11 heavy (non-hydrogen) atoms. The van der Waals surface area contributed by atoms with E-state index in [0.29, 0.717) is 13.2 Å². The van der Waals surface area contributed by atoms with Crippen molar-refractivity contribution in [2.75, 3.05) is 26.3 Å². The van der Waals surface area contributed by atoms with Gasteiger partial charge in [-0.1, -0.05) is 0 Å². The number of ether oxygens (including phenoxy) is 1. The molecule has 1 rings (SSSR count). The third kappa shape index (κ3) is 2.06. The minimum absolute atomic E-state index is 0.148. The lowest BCUT2D eigenvalue weighted by Gasteiger charge is -2.15. The zero-order chi connectivity index (χ0) is 8.27. The van der Waals surface area contributed by atoms with E-state index < -0.39 is 12.2 Å². The first-order chi connectivity index (χ1) is 5.24. The van der Waals surface area contributed by atoms with Gasteiger partial charge < -0.3 is 19.8 Å². The van der Waals surface area contributed by atoms with Gasteiger partial charge in [-0.15, -0.1) is 0 Å². The van der Waals surface area contributed by atoms with Gasteiger partial charge in [0.1, 0.15) is 6.61 Å². The van der Waals surface area contributed by atoms with Crippen LogP contribution in [0.2, 0.25) is 0 Å². The van der Waals surface area contributed by atoms with Crippen molar-refractivity contribution in [1.29, 1.82) is 0 Å². The van der Waals surface area contributed by atoms with Gasteiger partial charge in [0.05, 0.1) is 25.8 Å². The molecule has 1 amide bonds. The highest BCUT2D eigenvalue weighted by Crippen LogP contribution is 2.03. The zero-order valence-electron chi connectivity index (χ0n) is 6.06. The molecule has 1 aliphatic heterocycles. The van der Waals surface area contributed by atoms with Crippen LogP contribution in [-0.4, -0.2) is 53.6 Å². The van der Waals surface area contributed by atoms with Gasteiger partial charge in [-0.3, -0.25) is 0 Å². The lowest BCUT2D eigenvalue weighted by Crippen LogP contribution is -2.34. The van der Waals surface area contributed by atoms with E-state index in [9.17, 15) is 4.79 Å². The van der Waals surface area contributed by atoms with E-state index in [2.05, 4.69) is 4.74 Å². The fourth-order valence-electron chi connectivity index (χ4n) is 0.904. The highest BCUT2D eigenvalue weighted by Gasteiger charge is 2.23. The minimum Gasteiger partial charge on any atom is -0.448 e. The first-order valence-corrected chi connectivity index (χ1v) is 3.44. The standard InChI is InChI=1S/C6H11NO4/c8-4-5(9)3-7-1-2-11-6(7)10/h5,8-9H,1-4H2. The van der Waals surface area contributed by atoms with Crippen molar-refractivity contribution >= 4 is 6.09 Å². The number of aliphatic hydroxyl groups excluding tert-OH is 2. The Morgan fingerprint density at radius 3 is 2.91 bits per heavy atom. The van der Waals surface area contributed by atoms with Crippen LogP contribution >= 0.6 is 0 Å². The molecule has 0 bridgehead atoms. The van der Waals surface area contributed by atoms with E-state index in [1.807, 2.05) is 0 Å². The second-order valence-electron chi connectivity index (χ2n) is 2.40. The summed E-state index contributed by atoms with van der Waals surface area (Å²) in [4.78, 5) is 12.1. The molecule has 1 aliphatic rings. The summed E-state index contributed by atoms with van der Waals surface area (Å²) in [6, 6.07) is 0. The molecule has 0 aromatic rings. The predicted molar refractivity (Wildman–Crippen MR) is 36.0 cm³/mol. The molecule has 1 atom stereocenters. The SMILES string of the molecule is O=C1OCCN1CC(O)CO. The number of aliphatic hydroxyl groups is 2. The minimum atomic E-state index is -0.861. The van der Waals surface area contributed by atoms with Crippen LogP contribution in [0, 0.1) is 0 Å². The van der Waals surface area contributed by atoms with Crippen molar-refractivity contribution in [1.82, 2.24) is 4.90 Å². The van der Waals surface area contributed by atoms with Crippen LogP contribution in [-0.2, 0) is 4.74 Å². The predicted octanol–water partition coefficient (Wildman–Crippen LogP) is -1.21. The summed E-state index contributed by atoms with van der Waals surface area (Å²) < 4.78 is 4.61. The summed E-state index contributed by atoms with van der Waals surface area (Å²) in [6.45, 7) is 0.686. The Morgan fingerprint density at radius 1 is 1.73 bits per heavy atom. The summed E-state index contributed by atoms with van der Waals surface area (Å²) in [5.74, 6) is 0. The van der Waals surface area contributed by atoms with E-state index in [1.54, 1.807) is 0 Å². The van der Waals surface area contributed by atoms with E-state index in [4.69, 9.17) is 10.2 Å². The first-order valence-electron chi connectivity index (χ1n) is 3.44. The van der Waals surface area contributed by atoms with Gasteiger partial charge in [0, 0.05) is 0 Å². The number of carbonyl (C=O) groups excluding carboxylic acids is 1. The molecular weight excluding hydrogens is 150 g/mol. The topological polar surface area (TPSA) is 70.0 Å². The Balaban J connectivity index is 2.30. The van der Waals surface area contributed by atoms with Crippen molar-refractivity contribution in [2.24, 2.45) is 0 Å². The zero-order valence-corrected chi connectivity index (χ0v) is 6.06. The second-order valence-corrected chi connectivity index (χ2v) is 2.40. The van der Waals surface area contributed by atoms with Gasteiger partial charge in [-0.2, -0.15) is 0 Å². The Bertz CT molecular complexity index is 150. The quantitative estimate of drug-likeness (QED) is 0.545. The average Bonchev–Trinajstić information content (AvgIpc) is 2.37. The molecule has 0 aromatic carbocycles. The molecule has 2 N–H and O–H groups in total. The smallest absolute Gasteiger partial charge is 0.410 e. The summed E-state index contributed by atoms with van der Waals surface area (Å²) in [5.41, 5.74) is 0. The van der Waals surface area contributed by atoms with Crippen LogP contribution in [0.3, 0.4) is 0 Å². The maximum Gasteiger partial charge on any atom is 0.410 e. The molecular formula is C6H11NO4. The van der Waals surface area contributed by atoms with E-state index in [0.717, 1.165) is 0 Å². The highest BCUT2D eigenvalue weighted by atomic mass is 16.6. The number of hydrogen-bond donors (Lipinski definition) is 2. The number of rotatable bonds is 3. The summed E-state index contributed by atoms with van der Waals surface area (Å²) >= 11 is 0. The molecule has 0 spiro atoms. The van der Waals surface area contributed by atoms with Crippen LogP contribution in [0.15, 0.2) is 0 Å². The molecule has 1 heterocycles. The molecule has 0 aliphatic carbocycles. The number of hydrogen-bond acceptors (Lipinski definition) is 4. The summed E-state index contributed by atoms with van der Waals surface area (Å²) in [5, 5.41) is 17.4. The molecule has 64 valence electrons. The maximum absolute atomic E-state index is 10.7. The number of cyclic esters (lactones) is 1. The van der Waals surface area contributed by atoms with Crippen LogP contribution in [0.4, 0.5) is 4.79 Å². The van der Waals surface area contributed by atoms with Crippen molar-refractivity contribution in [3.05, 3.63) is 0 Å². The van der Waals surface area contributed by atoms with E-state index in [-0.39, 0.29) is 13.2 Å². The van der Waals surface area contributed by atoms with Crippen molar-refractivity contribution in [3.8, 4) is 0 Å². The fraction of sp³-hybridized carbons (Fsp3) is 0.833. The van der Waals surface area contributed by atoms with Gasteiger partial charge in [0.15, 0.2) is 0 Å². The molecule has 0 aromatic heterocycles. The fourth-order valence-corrected chi connectivity index (χ4v) is 0.904. The number of β-amino-alcohol motifs (C(OH)–C–C–N with tert-alkyl or cyclic N) is 1. The average molecular weight is 161 g/mol. The third-order valence-electron chi connectivity index (χ3n) is 1.49. The number of amides is 1. The molecule has 5 nitrogen and oxygen atoms in total. The molecule has 1 unspecified atom stereocenters. The Morgan fingerprint density at radius 2 is 2.45 bits per heavy atom. The van der Waals surface area contributed by atoms with Gasteiger partial charge >= 0.3 is 6.09 Å². The monoisotopic (exact) mass is 161 g/mol. The van der Waals surface area contributed by atoms with Crippen molar-refractivity contribution in [3.63, 3.8) is 0 Å². The molecule has 1 saturated heterocycles. The Kier molecular flexibility index (Phi) is 2.67. The lowest BCUT2D eigenvalue weighted by atomic mass is 10.3. The van der Waals surface area contributed by atoms with E-state index >= 15 is 0 Å². The molecule has 0 saturated carbocycles. The van der Waals surface area contributed by atoms with Crippen LogP contribution in [0.1, 0.15) is 0 Å². The van der Waals surface area contributed by atoms with Crippen LogP contribution in [0.5, 0.6) is 0 Å². The van der Waals surface area contributed by atoms with Crippen LogP contribution < -0.4 is 0 Å². The van der Waals surface area contributed by atoms with Gasteiger partial charge in [-0.05, 0) is 0 Å². The first kappa shape index (κ1) is 8.29. The Hall–Kier alpha value is -0.810. The largest absolute Gasteiger partial charge is 0.448 e. The van der Waals surface area contributed by atoms with Gasteiger partial charge in [-0.25, -0.2) is 4.79 Å². The number of carbonyl (C=O) groups is 1. The van der Waals surface area contributed by atoms with Gasteiger partial charge in [0.25, 0.3) is 0 Å². The van der Waals surface area contributed by atoms with E-state index in [1.165, 1.54) is 4.90 Å². The molecule has 1 fully saturated rings. The molecule has 5 heteroatoms. The normalized spacial score (nSPS) is 20.2. The second kappa shape index (κ2) is 3.54. The van der Waals surface area contributed by atoms with Crippen molar-refractivity contribution < 1.29 is 19.7 Å². The van der Waals surface area contributed by atoms with Crippen LogP contribution in [0.25, 0.3) is 0 Å².